The summed E-state index contributed by atoms with van der Waals surface area (Å²) in [5, 5.41) is 0. The highest BCUT2D eigenvalue weighted by Gasteiger charge is 2.18. The van der Waals surface area contributed by atoms with E-state index in [1.54, 1.807) is 36.4 Å². The van der Waals surface area contributed by atoms with E-state index in [0.29, 0.717) is 42.1 Å². The molecule has 2 rings (SSSR count). The van der Waals surface area contributed by atoms with Crippen LogP contribution in [-0.4, -0.2) is 45.8 Å². The second kappa shape index (κ2) is 11.1. The van der Waals surface area contributed by atoms with E-state index in [0.717, 1.165) is 0 Å². The van der Waals surface area contributed by atoms with Crippen molar-refractivity contribution in [1.82, 2.24) is 0 Å². The molecule has 30 heavy (non-hydrogen) atoms. The zero-order valence-corrected chi connectivity index (χ0v) is 18.0. The summed E-state index contributed by atoms with van der Waals surface area (Å²) < 4.78 is 26.9. The second-order valence-corrected chi connectivity index (χ2v) is 6.86. The topological polar surface area (TPSA) is 80.3 Å². The van der Waals surface area contributed by atoms with Crippen LogP contribution in [-0.2, 0) is 4.74 Å². The number of carbonyl (C=O) groups is 2. The van der Waals surface area contributed by atoms with Crippen molar-refractivity contribution in [2.75, 3.05) is 34.0 Å². The summed E-state index contributed by atoms with van der Waals surface area (Å²) >= 11 is 0. The van der Waals surface area contributed by atoms with E-state index in [2.05, 4.69) is 0 Å². The fourth-order valence-electron chi connectivity index (χ4n) is 2.60. The Morgan fingerprint density at radius 3 is 2.27 bits per heavy atom. The number of esters is 1. The monoisotopic (exact) mass is 416 g/mol. The van der Waals surface area contributed by atoms with Crippen molar-refractivity contribution in [2.24, 2.45) is 5.92 Å². The van der Waals surface area contributed by atoms with Gasteiger partial charge in [-0.05, 0) is 49.2 Å². The number of ketones is 1. The zero-order chi connectivity index (χ0) is 22.1. The lowest BCUT2D eigenvalue weighted by Crippen LogP contribution is -2.15. The van der Waals surface area contributed by atoms with Gasteiger partial charge < -0.3 is 23.7 Å². The Morgan fingerprint density at radius 2 is 1.63 bits per heavy atom. The number of Topliss-reactive ketones (excluding diaryl/α,β-unsaturated/α-hetero) is 1. The van der Waals surface area contributed by atoms with Crippen molar-refractivity contribution in [3.8, 4) is 23.0 Å². The average molecular weight is 416 g/mol. The van der Waals surface area contributed by atoms with Gasteiger partial charge in [0.2, 0.25) is 5.78 Å². The molecule has 0 saturated carbocycles. The van der Waals surface area contributed by atoms with E-state index in [9.17, 15) is 9.59 Å². The summed E-state index contributed by atoms with van der Waals surface area (Å²) in [6, 6.07) is 9.65. The number of methoxy groups -OCH3 is 2. The lowest BCUT2D eigenvalue weighted by atomic mass is 10.1. The minimum atomic E-state index is -0.637. The van der Waals surface area contributed by atoms with Crippen LogP contribution in [0.25, 0.3) is 0 Å². The molecule has 0 atom stereocenters. The lowest BCUT2D eigenvalue weighted by molar-refractivity contribution is 0.0473. The van der Waals surface area contributed by atoms with Crippen molar-refractivity contribution in [1.29, 1.82) is 0 Å². The number of ether oxygens (including phenoxy) is 5. The number of rotatable bonds is 11. The van der Waals surface area contributed by atoms with E-state index < -0.39 is 18.4 Å². The van der Waals surface area contributed by atoms with Gasteiger partial charge in [0.05, 0.1) is 38.6 Å². The van der Waals surface area contributed by atoms with Crippen LogP contribution in [0.1, 0.15) is 41.5 Å². The Morgan fingerprint density at radius 1 is 0.900 bits per heavy atom. The highest BCUT2D eigenvalue weighted by atomic mass is 16.5. The molecule has 2 aromatic carbocycles. The largest absolute Gasteiger partial charge is 0.497 e. The molecule has 0 spiro atoms. The molecule has 0 heterocycles. The second-order valence-electron chi connectivity index (χ2n) is 6.86. The Bertz CT molecular complexity index is 874. The number of hydrogen-bond donors (Lipinski definition) is 0. The first-order valence-electron chi connectivity index (χ1n) is 9.71. The summed E-state index contributed by atoms with van der Waals surface area (Å²) in [6.45, 7) is 6.45. The molecular weight excluding hydrogens is 388 g/mol. The summed E-state index contributed by atoms with van der Waals surface area (Å²) in [4.78, 5) is 25.0. The quantitative estimate of drug-likeness (QED) is 0.402. The summed E-state index contributed by atoms with van der Waals surface area (Å²) in [7, 11) is 2.96. The predicted octanol–water partition coefficient (Wildman–Crippen LogP) is 4.18. The van der Waals surface area contributed by atoms with Crippen LogP contribution in [0, 0.1) is 5.92 Å². The Hall–Kier alpha value is -3.22. The van der Waals surface area contributed by atoms with E-state index in [4.69, 9.17) is 23.7 Å². The van der Waals surface area contributed by atoms with Gasteiger partial charge >= 0.3 is 5.97 Å². The van der Waals surface area contributed by atoms with E-state index in [1.165, 1.54) is 14.2 Å². The maximum atomic E-state index is 12.5. The fraction of sp³-hybridized carbons (Fsp3) is 0.391. The maximum absolute atomic E-state index is 12.5. The van der Waals surface area contributed by atoms with Crippen LogP contribution in [0.2, 0.25) is 0 Å². The van der Waals surface area contributed by atoms with Gasteiger partial charge in [-0.3, -0.25) is 4.79 Å². The van der Waals surface area contributed by atoms with Crippen LogP contribution in [0.3, 0.4) is 0 Å². The first kappa shape index (κ1) is 23.1. The lowest BCUT2D eigenvalue weighted by Gasteiger charge is -2.14. The molecule has 0 aliphatic heterocycles. The Balaban J connectivity index is 2.10. The molecule has 0 radical (unpaired) electrons. The minimum absolute atomic E-state index is 0.265. The van der Waals surface area contributed by atoms with Crippen LogP contribution in [0.4, 0.5) is 0 Å². The molecule has 0 N–H and O–H groups in total. The summed E-state index contributed by atoms with van der Waals surface area (Å²) in [5.74, 6) is 1.20. The minimum Gasteiger partial charge on any atom is -0.497 e. The van der Waals surface area contributed by atoms with Gasteiger partial charge in [0, 0.05) is 0 Å². The fourth-order valence-corrected chi connectivity index (χ4v) is 2.60. The third kappa shape index (κ3) is 6.14. The maximum Gasteiger partial charge on any atom is 0.338 e. The molecule has 0 aliphatic carbocycles. The van der Waals surface area contributed by atoms with Crippen LogP contribution < -0.4 is 18.9 Å². The highest BCUT2D eigenvalue weighted by molar-refractivity contribution is 6.01. The standard InChI is InChI=1S/C23H28O7/c1-6-28-22-11-16(7-9-21(22)29-13-15(2)3)23(25)30-14-19(24)18-12-17(26-4)8-10-20(18)27-5/h7-12,15H,6,13-14H2,1-5H3. The highest BCUT2D eigenvalue weighted by Crippen LogP contribution is 2.29. The van der Waals surface area contributed by atoms with Crippen molar-refractivity contribution in [3.05, 3.63) is 47.5 Å². The molecule has 162 valence electrons. The van der Waals surface area contributed by atoms with Gasteiger partial charge in [0.15, 0.2) is 18.1 Å². The van der Waals surface area contributed by atoms with Gasteiger partial charge in [0.25, 0.3) is 0 Å². The summed E-state index contributed by atoms with van der Waals surface area (Å²) in [5.41, 5.74) is 0.540. The molecule has 0 bridgehead atoms. The third-order valence-corrected chi connectivity index (χ3v) is 4.09. The Labute approximate surface area is 176 Å². The normalized spacial score (nSPS) is 10.5. The molecule has 2 aromatic rings. The molecule has 0 unspecified atom stereocenters. The third-order valence-electron chi connectivity index (χ3n) is 4.09. The van der Waals surface area contributed by atoms with Gasteiger partial charge in [-0.2, -0.15) is 0 Å². The molecule has 0 saturated heterocycles. The number of benzene rings is 2. The molecule has 0 aliphatic rings. The smallest absolute Gasteiger partial charge is 0.338 e. The van der Waals surface area contributed by atoms with Crippen molar-refractivity contribution >= 4 is 11.8 Å². The van der Waals surface area contributed by atoms with Crippen molar-refractivity contribution in [2.45, 2.75) is 20.8 Å². The first-order valence-corrected chi connectivity index (χ1v) is 9.71. The van der Waals surface area contributed by atoms with E-state index in [1.807, 2.05) is 20.8 Å². The van der Waals surface area contributed by atoms with Gasteiger partial charge in [-0.25, -0.2) is 4.79 Å². The van der Waals surface area contributed by atoms with Gasteiger partial charge in [-0.1, -0.05) is 13.8 Å². The van der Waals surface area contributed by atoms with Crippen molar-refractivity contribution in [3.63, 3.8) is 0 Å². The SMILES string of the molecule is CCOc1cc(C(=O)OCC(=O)c2cc(OC)ccc2OC)ccc1OCC(C)C. The number of carbonyl (C=O) groups excluding carboxylic acids is 2. The number of hydrogen-bond acceptors (Lipinski definition) is 7. The summed E-state index contributed by atoms with van der Waals surface area (Å²) in [6.07, 6.45) is 0. The van der Waals surface area contributed by atoms with Gasteiger partial charge in [-0.15, -0.1) is 0 Å². The molecule has 0 fully saturated rings. The predicted molar refractivity (Wildman–Crippen MR) is 112 cm³/mol. The molecular formula is C23H28O7. The average Bonchev–Trinajstić information content (AvgIpc) is 2.75. The van der Waals surface area contributed by atoms with Crippen molar-refractivity contribution < 1.29 is 33.3 Å². The molecule has 0 aromatic heterocycles. The van der Waals surface area contributed by atoms with Crippen LogP contribution in [0.15, 0.2) is 36.4 Å². The Kier molecular flexibility index (Phi) is 8.53. The van der Waals surface area contributed by atoms with E-state index in [-0.39, 0.29) is 11.1 Å². The first-order chi connectivity index (χ1) is 14.4. The van der Waals surface area contributed by atoms with Gasteiger partial charge in [0.1, 0.15) is 11.5 Å². The zero-order valence-electron chi connectivity index (χ0n) is 18.0. The van der Waals surface area contributed by atoms with Crippen LogP contribution >= 0.6 is 0 Å². The molecule has 7 nitrogen and oxygen atoms in total. The molecule has 7 heteroatoms. The van der Waals surface area contributed by atoms with E-state index >= 15 is 0 Å². The molecule has 0 amide bonds. The van der Waals surface area contributed by atoms with Crippen LogP contribution in [0.5, 0.6) is 23.0 Å².